The molecule has 22 heavy (non-hydrogen) atoms. The smallest absolute Gasteiger partial charge is 0.259 e. The van der Waals surface area contributed by atoms with Crippen LogP contribution in [0.4, 0.5) is 5.69 Å². The van der Waals surface area contributed by atoms with E-state index in [2.05, 4.69) is 23.1 Å². The Bertz CT molecular complexity index is 775. The van der Waals surface area contributed by atoms with Crippen LogP contribution in [-0.2, 0) is 7.05 Å². The Labute approximate surface area is 129 Å². The molecular weight excluding hydrogens is 274 g/mol. The van der Waals surface area contributed by atoms with Crippen molar-refractivity contribution in [2.45, 2.75) is 31.1 Å². The van der Waals surface area contributed by atoms with Crippen LogP contribution in [0, 0.1) is 0 Å². The molecule has 2 atom stereocenters. The first-order valence-electron chi connectivity index (χ1n) is 7.77. The molecule has 1 heterocycles. The summed E-state index contributed by atoms with van der Waals surface area (Å²) in [6.07, 6.45) is 7.13. The maximum absolute atomic E-state index is 12.6. The van der Waals surface area contributed by atoms with E-state index in [-0.39, 0.29) is 5.91 Å². The van der Waals surface area contributed by atoms with Gasteiger partial charge in [-0.15, -0.1) is 0 Å². The van der Waals surface area contributed by atoms with E-state index in [1.807, 2.05) is 19.2 Å². The normalized spacial score (nSPS) is 21.7. The summed E-state index contributed by atoms with van der Waals surface area (Å²) in [5, 5.41) is 7.33. The third-order valence-corrected chi connectivity index (χ3v) is 4.96. The van der Waals surface area contributed by atoms with Gasteiger partial charge in [0.05, 0.1) is 11.3 Å². The lowest BCUT2D eigenvalue weighted by molar-refractivity contribution is 0.102. The van der Waals surface area contributed by atoms with Crippen LogP contribution in [0.25, 0.3) is 6.08 Å². The molecule has 1 aromatic carbocycles. The SMILES string of the molecule is C=Cc1nn(C)cc1C(=O)Nc1cccc2c1C1CCC2C1. The van der Waals surface area contributed by atoms with Crippen molar-refractivity contribution in [3.63, 3.8) is 0 Å². The fraction of sp³-hybridized carbons (Fsp3) is 0.333. The minimum absolute atomic E-state index is 0.112. The molecule has 1 fully saturated rings. The van der Waals surface area contributed by atoms with Crippen molar-refractivity contribution in [3.05, 3.63) is 53.4 Å². The molecular formula is C18H19N3O. The van der Waals surface area contributed by atoms with Gasteiger partial charge in [0.15, 0.2) is 0 Å². The van der Waals surface area contributed by atoms with Crippen LogP contribution in [0.5, 0.6) is 0 Å². The van der Waals surface area contributed by atoms with Gasteiger partial charge < -0.3 is 5.32 Å². The highest BCUT2D eigenvalue weighted by Crippen LogP contribution is 2.55. The average Bonchev–Trinajstić information content (AvgIpc) is 3.21. The average molecular weight is 293 g/mol. The first-order chi connectivity index (χ1) is 10.7. The van der Waals surface area contributed by atoms with E-state index >= 15 is 0 Å². The van der Waals surface area contributed by atoms with Gasteiger partial charge in [0.25, 0.3) is 5.91 Å². The standard InChI is InChI=1S/C18H19N3O/c1-3-15-14(10-21(2)20-15)18(22)19-16-6-4-5-13-11-7-8-12(9-11)17(13)16/h3-6,10-12H,1,7-9H2,2H3,(H,19,22). The van der Waals surface area contributed by atoms with Crippen molar-refractivity contribution in [1.29, 1.82) is 0 Å². The number of hydrogen-bond donors (Lipinski definition) is 1. The zero-order valence-electron chi connectivity index (χ0n) is 12.7. The Hall–Kier alpha value is -2.36. The van der Waals surface area contributed by atoms with Crippen LogP contribution < -0.4 is 5.32 Å². The summed E-state index contributed by atoms with van der Waals surface area (Å²) in [5.74, 6) is 1.20. The number of hydrogen-bond acceptors (Lipinski definition) is 2. The van der Waals surface area contributed by atoms with Crippen molar-refractivity contribution in [1.82, 2.24) is 9.78 Å². The van der Waals surface area contributed by atoms with E-state index in [1.54, 1.807) is 17.0 Å². The summed E-state index contributed by atoms with van der Waals surface area (Å²) in [6.45, 7) is 3.73. The molecule has 0 saturated heterocycles. The summed E-state index contributed by atoms with van der Waals surface area (Å²) in [7, 11) is 1.81. The number of rotatable bonds is 3. The number of nitrogens with zero attached hydrogens (tertiary/aromatic N) is 2. The minimum atomic E-state index is -0.112. The summed E-state index contributed by atoms with van der Waals surface area (Å²) in [6, 6.07) is 6.28. The highest BCUT2D eigenvalue weighted by Gasteiger charge is 2.38. The van der Waals surface area contributed by atoms with Crippen molar-refractivity contribution < 1.29 is 4.79 Å². The summed E-state index contributed by atoms with van der Waals surface area (Å²) < 4.78 is 1.64. The van der Waals surface area contributed by atoms with Gasteiger partial charge >= 0.3 is 0 Å². The summed E-state index contributed by atoms with van der Waals surface area (Å²) in [4.78, 5) is 12.6. The molecule has 1 N–H and O–H groups in total. The van der Waals surface area contributed by atoms with E-state index in [1.165, 1.54) is 30.4 Å². The second kappa shape index (κ2) is 4.83. The number of aromatic nitrogens is 2. The van der Waals surface area contributed by atoms with E-state index < -0.39 is 0 Å². The van der Waals surface area contributed by atoms with Crippen LogP contribution >= 0.6 is 0 Å². The largest absolute Gasteiger partial charge is 0.322 e. The summed E-state index contributed by atoms with van der Waals surface area (Å²) in [5.41, 5.74) is 4.95. The molecule has 2 unspecified atom stereocenters. The molecule has 1 saturated carbocycles. The molecule has 0 spiro atoms. The monoisotopic (exact) mass is 293 g/mol. The zero-order valence-corrected chi connectivity index (χ0v) is 12.7. The second-order valence-corrected chi connectivity index (χ2v) is 6.28. The fourth-order valence-corrected chi connectivity index (χ4v) is 4.05. The Kier molecular flexibility index (Phi) is 2.93. The molecule has 112 valence electrons. The number of anilines is 1. The molecule has 0 aliphatic heterocycles. The minimum Gasteiger partial charge on any atom is -0.322 e. The van der Waals surface area contributed by atoms with Gasteiger partial charge in [-0.2, -0.15) is 5.10 Å². The number of carbonyl (C=O) groups excluding carboxylic acids is 1. The molecule has 4 heteroatoms. The molecule has 0 radical (unpaired) electrons. The molecule has 2 aliphatic carbocycles. The lowest BCUT2D eigenvalue weighted by Crippen LogP contribution is -2.15. The molecule has 2 aromatic rings. The predicted octanol–water partition coefficient (Wildman–Crippen LogP) is 3.68. The Morgan fingerprint density at radius 2 is 2.23 bits per heavy atom. The highest BCUT2D eigenvalue weighted by molar-refractivity contribution is 6.06. The molecule has 2 aliphatic rings. The second-order valence-electron chi connectivity index (χ2n) is 6.28. The van der Waals surface area contributed by atoms with Crippen molar-refractivity contribution in [2.24, 2.45) is 7.05 Å². The number of fused-ring (bicyclic) bond motifs is 5. The Morgan fingerprint density at radius 1 is 1.41 bits per heavy atom. The number of aryl methyl sites for hydroxylation is 1. The first-order valence-corrected chi connectivity index (χ1v) is 7.77. The van der Waals surface area contributed by atoms with Gasteiger partial charge in [0.1, 0.15) is 0 Å². The van der Waals surface area contributed by atoms with Gasteiger partial charge in [-0.05, 0) is 54.4 Å². The molecule has 4 nitrogen and oxygen atoms in total. The van der Waals surface area contributed by atoms with Crippen LogP contribution in [-0.4, -0.2) is 15.7 Å². The van der Waals surface area contributed by atoms with Crippen LogP contribution in [0.15, 0.2) is 31.0 Å². The zero-order chi connectivity index (χ0) is 15.3. The Balaban J connectivity index is 1.68. The van der Waals surface area contributed by atoms with Crippen LogP contribution in [0.1, 0.15) is 58.3 Å². The number of amides is 1. The highest BCUT2D eigenvalue weighted by atomic mass is 16.1. The number of nitrogens with one attached hydrogen (secondary N) is 1. The van der Waals surface area contributed by atoms with E-state index in [0.29, 0.717) is 23.1 Å². The lowest BCUT2D eigenvalue weighted by atomic mass is 9.90. The van der Waals surface area contributed by atoms with Gasteiger partial charge in [-0.1, -0.05) is 18.7 Å². The van der Waals surface area contributed by atoms with Crippen LogP contribution in [0.2, 0.25) is 0 Å². The maximum Gasteiger partial charge on any atom is 0.259 e. The first kappa shape index (κ1) is 13.3. The van der Waals surface area contributed by atoms with Crippen molar-refractivity contribution in [3.8, 4) is 0 Å². The number of benzene rings is 1. The van der Waals surface area contributed by atoms with E-state index in [0.717, 1.165) is 5.69 Å². The predicted molar refractivity (Wildman–Crippen MR) is 87.0 cm³/mol. The maximum atomic E-state index is 12.6. The number of carbonyl (C=O) groups is 1. The van der Waals surface area contributed by atoms with Gasteiger partial charge in [0, 0.05) is 18.9 Å². The Morgan fingerprint density at radius 3 is 3.05 bits per heavy atom. The van der Waals surface area contributed by atoms with Gasteiger partial charge in [0.2, 0.25) is 0 Å². The quantitative estimate of drug-likeness (QED) is 0.938. The van der Waals surface area contributed by atoms with Crippen molar-refractivity contribution >= 4 is 17.7 Å². The summed E-state index contributed by atoms with van der Waals surface area (Å²) >= 11 is 0. The molecule has 2 bridgehead atoms. The third-order valence-electron chi connectivity index (χ3n) is 4.96. The van der Waals surface area contributed by atoms with Crippen LogP contribution in [0.3, 0.4) is 0 Å². The molecule has 1 amide bonds. The third kappa shape index (κ3) is 1.90. The van der Waals surface area contributed by atoms with Gasteiger partial charge in [-0.3, -0.25) is 9.48 Å². The topological polar surface area (TPSA) is 46.9 Å². The van der Waals surface area contributed by atoms with Crippen molar-refractivity contribution in [2.75, 3.05) is 5.32 Å². The van der Waals surface area contributed by atoms with Gasteiger partial charge in [-0.25, -0.2) is 0 Å². The molecule has 4 rings (SSSR count). The lowest BCUT2D eigenvalue weighted by Gasteiger charge is -2.19. The van der Waals surface area contributed by atoms with E-state index in [4.69, 9.17) is 0 Å². The molecule has 1 aromatic heterocycles. The fourth-order valence-electron chi connectivity index (χ4n) is 4.05. The van der Waals surface area contributed by atoms with E-state index in [9.17, 15) is 4.79 Å².